The minimum atomic E-state index is 0.460. The monoisotopic (exact) mass is 269 g/mol. The molecule has 0 amide bonds. The lowest BCUT2D eigenvalue weighted by molar-refractivity contribution is 1.21. The molecule has 19 heavy (non-hydrogen) atoms. The van der Waals surface area contributed by atoms with Gasteiger partial charge >= 0.3 is 0 Å². The van der Waals surface area contributed by atoms with E-state index in [1.54, 1.807) is 0 Å². The molecule has 0 bridgehead atoms. The van der Waals surface area contributed by atoms with Crippen molar-refractivity contribution < 1.29 is 0 Å². The van der Waals surface area contributed by atoms with Crippen molar-refractivity contribution in [3.05, 3.63) is 59.2 Å². The maximum absolute atomic E-state index is 6.18. The van der Waals surface area contributed by atoms with E-state index in [2.05, 4.69) is 15.3 Å². The van der Waals surface area contributed by atoms with Gasteiger partial charge in [0.1, 0.15) is 5.15 Å². The quantitative estimate of drug-likeness (QED) is 0.704. The SMILES string of the molecule is Cc1ccccc1Nc1nc(Cl)c2ccccc2n1. The molecular formula is C15H12ClN3. The Morgan fingerprint density at radius 1 is 0.947 bits per heavy atom. The van der Waals surface area contributed by atoms with E-state index < -0.39 is 0 Å². The second-order valence-electron chi connectivity index (χ2n) is 4.30. The van der Waals surface area contributed by atoms with Gasteiger partial charge in [-0.1, -0.05) is 41.9 Å². The number of rotatable bonds is 2. The largest absolute Gasteiger partial charge is 0.324 e. The van der Waals surface area contributed by atoms with Gasteiger partial charge in [0, 0.05) is 11.1 Å². The highest BCUT2D eigenvalue weighted by atomic mass is 35.5. The number of hydrogen-bond donors (Lipinski definition) is 1. The summed E-state index contributed by atoms with van der Waals surface area (Å²) in [6, 6.07) is 15.7. The Bertz CT molecular complexity index is 740. The number of para-hydroxylation sites is 2. The zero-order chi connectivity index (χ0) is 13.2. The highest BCUT2D eigenvalue weighted by molar-refractivity contribution is 6.34. The first kappa shape index (κ1) is 11.9. The summed E-state index contributed by atoms with van der Waals surface area (Å²) in [4.78, 5) is 8.75. The molecule has 1 aromatic heterocycles. The van der Waals surface area contributed by atoms with Gasteiger partial charge in [0.25, 0.3) is 0 Å². The van der Waals surface area contributed by atoms with E-state index in [1.807, 2.05) is 55.5 Å². The molecule has 0 spiro atoms. The Kier molecular flexibility index (Phi) is 3.05. The van der Waals surface area contributed by atoms with Gasteiger partial charge in [-0.25, -0.2) is 9.97 Å². The number of benzene rings is 2. The molecule has 3 aromatic rings. The number of aryl methyl sites for hydroxylation is 1. The molecule has 0 radical (unpaired) electrons. The van der Waals surface area contributed by atoms with E-state index in [-0.39, 0.29) is 0 Å². The molecule has 4 heteroatoms. The Hall–Kier alpha value is -2.13. The topological polar surface area (TPSA) is 37.8 Å². The molecular weight excluding hydrogens is 258 g/mol. The Morgan fingerprint density at radius 3 is 2.53 bits per heavy atom. The molecule has 1 heterocycles. The minimum absolute atomic E-state index is 0.460. The third kappa shape index (κ3) is 2.37. The third-order valence-corrected chi connectivity index (χ3v) is 3.24. The van der Waals surface area contributed by atoms with Crippen LogP contribution < -0.4 is 5.32 Å². The van der Waals surface area contributed by atoms with Gasteiger partial charge < -0.3 is 5.32 Å². The van der Waals surface area contributed by atoms with Gasteiger partial charge in [0.2, 0.25) is 5.95 Å². The molecule has 0 fully saturated rings. The van der Waals surface area contributed by atoms with E-state index in [0.717, 1.165) is 22.2 Å². The first-order valence-corrected chi connectivity index (χ1v) is 6.37. The average Bonchev–Trinajstić information content (AvgIpc) is 2.42. The van der Waals surface area contributed by atoms with Gasteiger partial charge in [-0.15, -0.1) is 0 Å². The number of anilines is 2. The van der Waals surface area contributed by atoms with Gasteiger partial charge in [-0.3, -0.25) is 0 Å². The lowest BCUT2D eigenvalue weighted by Crippen LogP contribution is -1.99. The maximum Gasteiger partial charge on any atom is 0.229 e. The summed E-state index contributed by atoms with van der Waals surface area (Å²) in [5.74, 6) is 0.512. The summed E-state index contributed by atoms with van der Waals surface area (Å²) in [7, 11) is 0. The van der Waals surface area contributed by atoms with Crippen LogP contribution in [0.25, 0.3) is 10.9 Å². The predicted molar refractivity (Wildman–Crippen MR) is 79.0 cm³/mol. The van der Waals surface area contributed by atoms with Gasteiger partial charge in [0.15, 0.2) is 0 Å². The van der Waals surface area contributed by atoms with Crippen molar-refractivity contribution in [1.29, 1.82) is 0 Å². The molecule has 94 valence electrons. The summed E-state index contributed by atoms with van der Waals surface area (Å²) >= 11 is 6.18. The summed E-state index contributed by atoms with van der Waals surface area (Å²) in [6.45, 7) is 2.03. The fourth-order valence-electron chi connectivity index (χ4n) is 1.93. The number of hydrogen-bond acceptors (Lipinski definition) is 3. The third-order valence-electron chi connectivity index (χ3n) is 2.95. The molecule has 0 saturated heterocycles. The number of fused-ring (bicyclic) bond motifs is 1. The number of halogens is 1. The zero-order valence-corrected chi connectivity index (χ0v) is 11.1. The molecule has 2 aromatic carbocycles. The van der Waals surface area contributed by atoms with Crippen LogP contribution in [0, 0.1) is 6.92 Å². The molecule has 0 aliphatic carbocycles. The van der Waals surface area contributed by atoms with Crippen LogP contribution >= 0.6 is 11.6 Å². The summed E-state index contributed by atoms with van der Waals surface area (Å²) in [6.07, 6.45) is 0. The summed E-state index contributed by atoms with van der Waals surface area (Å²) < 4.78 is 0. The molecule has 3 nitrogen and oxygen atoms in total. The average molecular weight is 270 g/mol. The lowest BCUT2D eigenvalue weighted by Gasteiger charge is -2.09. The smallest absolute Gasteiger partial charge is 0.229 e. The van der Waals surface area contributed by atoms with E-state index in [1.165, 1.54) is 0 Å². The summed E-state index contributed by atoms with van der Waals surface area (Å²) in [5, 5.41) is 4.52. The molecule has 3 rings (SSSR count). The Morgan fingerprint density at radius 2 is 1.68 bits per heavy atom. The Labute approximate surface area is 116 Å². The fraction of sp³-hybridized carbons (Fsp3) is 0.0667. The van der Waals surface area contributed by atoms with Crippen molar-refractivity contribution in [2.24, 2.45) is 0 Å². The first-order chi connectivity index (χ1) is 9.24. The standard InChI is InChI=1S/C15H12ClN3/c1-10-6-2-4-8-12(10)17-15-18-13-9-5-3-7-11(13)14(16)19-15/h2-9H,1H3,(H,17,18,19). The van der Waals surface area contributed by atoms with Gasteiger partial charge in [-0.05, 0) is 30.7 Å². The van der Waals surface area contributed by atoms with Crippen LogP contribution in [0.5, 0.6) is 0 Å². The van der Waals surface area contributed by atoms with Crippen LogP contribution in [0.15, 0.2) is 48.5 Å². The fourth-order valence-corrected chi connectivity index (χ4v) is 2.17. The molecule has 0 saturated carbocycles. The number of nitrogens with one attached hydrogen (secondary N) is 1. The van der Waals surface area contributed by atoms with Crippen molar-refractivity contribution >= 4 is 34.1 Å². The van der Waals surface area contributed by atoms with E-state index in [0.29, 0.717) is 11.1 Å². The van der Waals surface area contributed by atoms with Crippen LogP contribution in [-0.4, -0.2) is 9.97 Å². The van der Waals surface area contributed by atoms with Crippen LogP contribution in [0.1, 0.15) is 5.56 Å². The van der Waals surface area contributed by atoms with Crippen LogP contribution in [0.4, 0.5) is 11.6 Å². The predicted octanol–water partition coefficient (Wildman–Crippen LogP) is 4.34. The molecule has 0 unspecified atom stereocenters. The first-order valence-electron chi connectivity index (χ1n) is 5.99. The van der Waals surface area contributed by atoms with Crippen molar-refractivity contribution in [3.63, 3.8) is 0 Å². The normalized spacial score (nSPS) is 10.6. The van der Waals surface area contributed by atoms with E-state index in [9.17, 15) is 0 Å². The highest BCUT2D eigenvalue weighted by Crippen LogP contribution is 2.24. The zero-order valence-electron chi connectivity index (χ0n) is 10.4. The van der Waals surface area contributed by atoms with Gasteiger partial charge in [0.05, 0.1) is 5.52 Å². The van der Waals surface area contributed by atoms with Crippen molar-refractivity contribution in [3.8, 4) is 0 Å². The van der Waals surface area contributed by atoms with E-state index >= 15 is 0 Å². The maximum atomic E-state index is 6.18. The van der Waals surface area contributed by atoms with Crippen molar-refractivity contribution in [2.45, 2.75) is 6.92 Å². The minimum Gasteiger partial charge on any atom is -0.324 e. The van der Waals surface area contributed by atoms with Crippen LogP contribution in [0.3, 0.4) is 0 Å². The van der Waals surface area contributed by atoms with Crippen LogP contribution in [0.2, 0.25) is 5.15 Å². The van der Waals surface area contributed by atoms with Crippen molar-refractivity contribution in [1.82, 2.24) is 9.97 Å². The van der Waals surface area contributed by atoms with E-state index in [4.69, 9.17) is 11.6 Å². The van der Waals surface area contributed by atoms with Gasteiger partial charge in [-0.2, -0.15) is 0 Å². The van der Waals surface area contributed by atoms with Crippen molar-refractivity contribution in [2.75, 3.05) is 5.32 Å². The molecule has 0 aliphatic rings. The molecule has 0 aliphatic heterocycles. The lowest BCUT2D eigenvalue weighted by atomic mass is 10.2. The second-order valence-corrected chi connectivity index (χ2v) is 4.65. The second kappa shape index (κ2) is 4.86. The number of nitrogens with zero attached hydrogens (tertiary/aromatic N) is 2. The summed E-state index contributed by atoms with van der Waals surface area (Å²) in [5.41, 5.74) is 2.95. The Balaban J connectivity index is 2.04. The highest BCUT2D eigenvalue weighted by Gasteiger charge is 2.06. The number of aromatic nitrogens is 2. The molecule has 0 atom stereocenters. The molecule has 1 N–H and O–H groups in total. The van der Waals surface area contributed by atoms with Crippen LogP contribution in [-0.2, 0) is 0 Å².